The summed E-state index contributed by atoms with van der Waals surface area (Å²) < 4.78 is 18.3. The summed E-state index contributed by atoms with van der Waals surface area (Å²) in [6.07, 6.45) is 0.817. The van der Waals surface area contributed by atoms with E-state index in [2.05, 4.69) is 0 Å². The molecule has 0 atom stereocenters. The van der Waals surface area contributed by atoms with E-state index in [-0.39, 0.29) is 23.8 Å². The highest BCUT2D eigenvalue weighted by atomic mass is 19.1. The molecular weight excluding hydrogens is 277 g/mol. The maximum absolute atomic E-state index is 13.0. The summed E-state index contributed by atoms with van der Waals surface area (Å²) in [7, 11) is 0. The van der Waals surface area contributed by atoms with Gasteiger partial charge in [0.2, 0.25) is 5.91 Å². The van der Waals surface area contributed by atoms with Crippen LogP contribution in [-0.4, -0.2) is 41.6 Å². The highest BCUT2D eigenvalue weighted by Crippen LogP contribution is 2.20. The van der Waals surface area contributed by atoms with Crippen molar-refractivity contribution in [3.05, 3.63) is 29.6 Å². The van der Waals surface area contributed by atoms with E-state index in [1.807, 2.05) is 13.8 Å². The number of halogens is 1. The Bertz CT molecular complexity index is 500. The van der Waals surface area contributed by atoms with Crippen molar-refractivity contribution in [3.63, 3.8) is 0 Å². The number of carbonyl (C=O) groups is 2. The van der Waals surface area contributed by atoms with Crippen LogP contribution >= 0.6 is 0 Å². The van der Waals surface area contributed by atoms with Gasteiger partial charge in [0.15, 0.2) is 0 Å². The molecule has 0 heterocycles. The van der Waals surface area contributed by atoms with Gasteiger partial charge in [0.1, 0.15) is 17.1 Å². The monoisotopic (exact) mass is 297 g/mol. The second-order valence-corrected chi connectivity index (χ2v) is 4.46. The Morgan fingerprint density at radius 3 is 2.52 bits per heavy atom. The number of carboxylic acids is 1. The van der Waals surface area contributed by atoms with Gasteiger partial charge in [-0.15, -0.1) is 0 Å². The van der Waals surface area contributed by atoms with Crippen molar-refractivity contribution >= 4 is 11.9 Å². The molecule has 1 amide bonds. The smallest absolute Gasteiger partial charge is 0.339 e. The third-order valence-corrected chi connectivity index (χ3v) is 3.08. The summed E-state index contributed by atoms with van der Waals surface area (Å²) in [4.78, 5) is 24.5. The first-order chi connectivity index (χ1) is 9.99. The number of rotatable bonds is 8. The lowest BCUT2D eigenvalue weighted by Gasteiger charge is -2.18. The molecule has 1 aromatic rings. The molecule has 0 aromatic heterocycles. The van der Waals surface area contributed by atoms with Crippen LogP contribution in [0.3, 0.4) is 0 Å². The zero-order valence-corrected chi connectivity index (χ0v) is 12.3. The molecule has 1 rings (SSSR count). The molecule has 0 aliphatic heterocycles. The van der Waals surface area contributed by atoms with E-state index >= 15 is 0 Å². The van der Waals surface area contributed by atoms with Gasteiger partial charge in [0, 0.05) is 19.5 Å². The molecule has 1 N–H and O–H groups in total. The van der Waals surface area contributed by atoms with Crippen LogP contribution in [-0.2, 0) is 4.79 Å². The number of amides is 1. The van der Waals surface area contributed by atoms with E-state index in [0.717, 1.165) is 12.1 Å². The van der Waals surface area contributed by atoms with Crippen molar-refractivity contribution in [2.24, 2.45) is 0 Å². The highest BCUT2D eigenvalue weighted by Gasteiger charge is 2.13. The van der Waals surface area contributed by atoms with E-state index in [1.165, 1.54) is 6.07 Å². The van der Waals surface area contributed by atoms with Gasteiger partial charge < -0.3 is 14.7 Å². The molecule has 21 heavy (non-hydrogen) atoms. The fourth-order valence-corrected chi connectivity index (χ4v) is 1.94. The Morgan fingerprint density at radius 1 is 1.29 bits per heavy atom. The van der Waals surface area contributed by atoms with E-state index in [9.17, 15) is 14.0 Å². The molecule has 0 radical (unpaired) electrons. The second-order valence-electron chi connectivity index (χ2n) is 4.46. The zero-order valence-electron chi connectivity index (χ0n) is 12.3. The molecule has 0 saturated heterocycles. The van der Waals surface area contributed by atoms with Gasteiger partial charge in [0.05, 0.1) is 6.61 Å². The van der Waals surface area contributed by atoms with Crippen molar-refractivity contribution in [3.8, 4) is 5.75 Å². The Labute approximate surface area is 123 Å². The number of hydrogen-bond acceptors (Lipinski definition) is 3. The van der Waals surface area contributed by atoms with E-state index < -0.39 is 11.8 Å². The summed E-state index contributed by atoms with van der Waals surface area (Å²) in [5, 5.41) is 8.96. The maximum Gasteiger partial charge on any atom is 0.339 e. The van der Waals surface area contributed by atoms with Crippen molar-refractivity contribution in [1.82, 2.24) is 4.90 Å². The first-order valence-corrected chi connectivity index (χ1v) is 6.93. The molecule has 0 fully saturated rings. The van der Waals surface area contributed by atoms with Gasteiger partial charge in [-0.25, -0.2) is 9.18 Å². The molecule has 1 aromatic carbocycles. The number of aromatic carboxylic acids is 1. The normalized spacial score (nSPS) is 10.2. The third-order valence-electron chi connectivity index (χ3n) is 3.08. The van der Waals surface area contributed by atoms with Crippen LogP contribution < -0.4 is 4.74 Å². The van der Waals surface area contributed by atoms with Gasteiger partial charge in [-0.1, -0.05) is 0 Å². The van der Waals surface area contributed by atoms with Crippen LogP contribution in [0.5, 0.6) is 5.75 Å². The van der Waals surface area contributed by atoms with Crippen LogP contribution in [0.1, 0.15) is 37.0 Å². The Hall–Kier alpha value is -2.11. The average Bonchev–Trinajstić information content (AvgIpc) is 2.45. The van der Waals surface area contributed by atoms with E-state index in [4.69, 9.17) is 9.84 Å². The van der Waals surface area contributed by atoms with Crippen molar-refractivity contribution in [2.45, 2.75) is 26.7 Å². The lowest BCUT2D eigenvalue weighted by molar-refractivity contribution is -0.131. The standard InChI is InChI=1S/C15H20FNO4/c1-3-17(4-2)14(18)6-5-9-21-13-8-7-11(16)10-12(13)15(19)20/h7-8,10H,3-6,9H2,1-2H3,(H,19,20). The van der Waals surface area contributed by atoms with Gasteiger partial charge in [0.25, 0.3) is 0 Å². The fraction of sp³-hybridized carbons (Fsp3) is 0.467. The zero-order chi connectivity index (χ0) is 15.8. The molecule has 0 aliphatic rings. The first-order valence-electron chi connectivity index (χ1n) is 6.93. The van der Waals surface area contributed by atoms with E-state index in [1.54, 1.807) is 4.90 Å². The lowest BCUT2D eigenvalue weighted by Crippen LogP contribution is -2.30. The molecule has 0 saturated carbocycles. The summed E-state index contributed by atoms with van der Waals surface area (Å²) in [5.74, 6) is -1.72. The topological polar surface area (TPSA) is 66.8 Å². The van der Waals surface area contributed by atoms with Crippen LogP contribution in [0.15, 0.2) is 18.2 Å². The Morgan fingerprint density at radius 2 is 1.95 bits per heavy atom. The van der Waals surface area contributed by atoms with Gasteiger partial charge in [-0.2, -0.15) is 0 Å². The number of benzene rings is 1. The minimum atomic E-state index is -1.25. The third kappa shape index (κ3) is 5.06. The van der Waals surface area contributed by atoms with Crippen molar-refractivity contribution in [1.29, 1.82) is 0 Å². The van der Waals surface area contributed by atoms with Gasteiger partial charge in [-0.05, 0) is 38.5 Å². The lowest BCUT2D eigenvalue weighted by atomic mass is 10.2. The highest BCUT2D eigenvalue weighted by molar-refractivity contribution is 5.90. The van der Waals surface area contributed by atoms with Gasteiger partial charge in [-0.3, -0.25) is 4.79 Å². The molecule has 6 heteroatoms. The Kier molecular flexibility index (Phi) is 6.65. The molecular formula is C15H20FNO4. The first kappa shape index (κ1) is 16.9. The predicted molar refractivity (Wildman–Crippen MR) is 76.0 cm³/mol. The quantitative estimate of drug-likeness (QED) is 0.749. The van der Waals surface area contributed by atoms with Crippen LogP contribution in [0.25, 0.3) is 0 Å². The molecule has 0 bridgehead atoms. The van der Waals surface area contributed by atoms with Crippen molar-refractivity contribution in [2.75, 3.05) is 19.7 Å². The SMILES string of the molecule is CCN(CC)C(=O)CCCOc1ccc(F)cc1C(=O)O. The average molecular weight is 297 g/mol. The minimum Gasteiger partial charge on any atom is -0.493 e. The fourth-order valence-electron chi connectivity index (χ4n) is 1.94. The molecule has 0 spiro atoms. The molecule has 5 nitrogen and oxygen atoms in total. The predicted octanol–water partition coefficient (Wildman–Crippen LogP) is 2.55. The summed E-state index contributed by atoms with van der Waals surface area (Å²) >= 11 is 0. The number of nitrogens with zero attached hydrogens (tertiary/aromatic N) is 1. The van der Waals surface area contributed by atoms with Crippen LogP contribution in [0.2, 0.25) is 0 Å². The number of ether oxygens (including phenoxy) is 1. The number of hydrogen-bond donors (Lipinski definition) is 1. The van der Waals surface area contributed by atoms with Crippen LogP contribution in [0, 0.1) is 5.82 Å². The summed E-state index contributed by atoms with van der Waals surface area (Å²) in [6, 6.07) is 3.34. The Balaban J connectivity index is 2.50. The summed E-state index contributed by atoms with van der Waals surface area (Å²) in [6.45, 7) is 5.36. The number of carbonyl (C=O) groups excluding carboxylic acids is 1. The molecule has 0 aliphatic carbocycles. The summed E-state index contributed by atoms with van der Waals surface area (Å²) in [5.41, 5.74) is -0.218. The second kappa shape index (κ2) is 8.24. The maximum atomic E-state index is 13.0. The molecule has 0 unspecified atom stereocenters. The largest absolute Gasteiger partial charge is 0.493 e. The van der Waals surface area contributed by atoms with Crippen LogP contribution in [0.4, 0.5) is 4.39 Å². The van der Waals surface area contributed by atoms with E-state index in [0.29, 0.717) is 25.9 Å². The van der Waals surface area contributed by atoms with Gasteiger partial charge >= 0.3 is 5.97 Å². The minimum absolute atomic E-state index is 0.0427. The number of carboxylic acid groups (broad SMARTS) is 1. The van der Waals surface area contributed by atoms with Crippen molar-refractivity contribution < 1.29 is 23.8 Å². The molecule has 116 valence electrons.